The lowest BCUT2D eigenvalue weighted by atomic mass is 10.0. The van der Waals surface area contributed by atoms with Gasteiger partial charge < -0.3 is 10.6 Å². The Hall–Kier alpha value is -1.20. The Morgan fingerprint density at radius 2 is 1.81 bits per heavy atom. The van der Waals surface area contributed by atoms with Crippen molar-refractivity contribution in [2.24, 2.45) is 11.7 Å². The van der Waals surface area contributed by atoms with E-state index >= 15 is 0 Å². The van der Waals surface area contributed by atoms with Crippen molar-refractivity contribution in [1.82, 2.24) is 4.90 Å². The van der Waals surface area contributed by atoms with Gasteiger partial charge in [0.15, 0.2) is 0 Å². The molecule has 1 amide bonds. The van der Waals surface area contributed by atoms with Crippen molar-refractivity contribution in [1.29, 1.82) is 0 Å². The van der Waals surface area contributed by atoms with E-state index < -0.39 is 11.8 Å². The number of alkyl halides is 2. The Balaban J connectivity index is 0.00000400. The number of benzene rings is 1. The van der Waals surface area contributed by atoms with Crippen molar-refractivity contribution in [3.8, 4) is 0 Å². The molecular formula is C15H23ClF2N2O. The van der Waals surface area contributed by atoms with Crippen LogP contribution in [0.25, 0.3) is 0 Å². The zero-order valence-electron chi connectivity index (χ0n) is 12.6. The Morgan fingerprint density at radius 1 is 1.29 bits per heavy atom. The second-order valence-corrected chi connectivity index (χ2v) is 5.36. The van der Waals surface area contributed by atoms with Crippen LogP contribution >= 0.6 is 12.4 Å². The third-order valence-electron chi connectivity index (χ3n) is 3.41. The van der Waals surface area contributed by atoms with Gasteiger partial charge in [-0.1, -0.05) is 44.2 Å². The molecule has 120 valence electrons. The summed E-state index contributed by atoms with van der Waals surface area (Å²) in [7, 11) is 1.38. The summed E-state index contributed by atoms with van der Waals surface area (Å²) < 4.78 is 28.1. The van der Waals surface area contributed by atoms with Gasteiger partial charge in [0.1, 0.15) is 0 Å². The van der Waals surface area contributed by atoms with Gasteiger partial charge in [-0.2, -0.15) is 8.78 Å². The summed E-state index contributed by atoms with van der Waals surface area (Å²) >= 11 is 0. The maximum absolute atomic E-state index is 14.1. The number of hydrogen-bond donors (Lipinski definition) is 1. The van der Waals surface area contributed by atoms with E-state index in [2.05, 4.69) is 0 Å². The molecule has 1 atom stereocenters. The Bertz CT molecular complexity index is 441. The van der Waals surface area contributed by atoms with Gasteiger partial charge >= 0.3 is 5.92 Å². The van der Waals surface area contributed by atoms with Crippen LogP contribution in [0, 0.1) is 5.92 Å². The smallest absolute Gasteiger partial charge is 0.340 e. The van der Waals surface area contributed by atoms with E-state index in [1.54, 1.807) is 6.07 Å². The summed E-state index contributed by atoms with van der Waals surface area (Å²) in [5.41, 5.74) is 5.57. The third-order valence-corrected chi connectivity index (χ3v) is 3.41. The molecule has 1 unspecified atom stereocenters. The van der Waals surface area contributed by atoms with E-state index in [1.165, 1.54) is 31.3 Å². The fourth-order valence-electron chi connectivity index (χ4n) is 1.79. The first-order chi connectivity index (χ1) is 9.26. The lowest BCUT2D eigenvalue weighted by Crippen LogP contribution is -2.42. The molecule has 0 spiro atoms. The fraction of sp³-hybridized carbons (Fsp3) is 0.533. The highest BCUT2D eigenvalue weighted by molar-refractivity contribution is 5.85. The summed E-state index contributed by atoms with van der Waals surface area (Å²) in [6.07, 6.45) is 0.505. The third kappa shape index (κ3) is 5.25. The van der Waals surface area contributed by atoms with Gasteiger partial charge in [0, 0.05) is 25.2 Å². The van der Waals surface area contributed by atoms with Crippen LogP contribution in [0.5, 0.6) is 0 Å². The molecule has 3 nitrogen and oxygen atoms in total. The van der Waals surface area contributed by atoms with Crippen molar-refractivity contribution >= 4 is 18.3 Å². The molecule has 1 aromatic rings. The van der Waals surface area contributed by atoms with Crippen molar-refractivity contribution in [3.63, 3.8) is 0 Å². The Morgan fingerprint density at radius 3 is 2.29 bits per heavy atom. The van der Waals surface area contributed by atoms with Crippen LogP contribution in [0.3, 0.4) is 0 Å². The van der Waals surface area contributed by atoms with E-state index in [4.69, 9.17) is 5.73 Å². The maximum atomic E-state index is 14.1. The van der Waals surface area contributed by atoms with Gasteiger partial charge in [0.2, 0.25) is 0 Å². The number of nitrogens with two attached hydrogens (primary N) is 1. The van der Waals surface area contributed by atoms with Crippen LogP contribution in [0.1, 0.15) is 25.8 Å². The van der Waals surface area contributed by atoms with E-state index in [0.717, 1.165) is 4.90 Å². The predicted octanol–water partition coefficient (Wildman–Crippen LogP) is 3.03. The van der Waals surface area contributed by atoms with Crippen LogP contribution in [-0.4, -0.2) is 30.4 Å². The number of amides is 1. The molecule has 0 radical (unpaired) electrons. The molecular weight excluding hydrogens is 298 g/mol. The molecule has 0 aromatic heterocycles. The molecule has 6 heteroatoms. The average molecular weight is 321 g/mol. The van der Waals surface area contributed by atoms with Crippen LogP contribution in [0.15, 0.2) is 30.3 Å². The van der Waals surface area contributed by atoms with E-state index in [9.17, 15) is 13.6 Å². The quantitative estimate of drug-likeness (QED) is 0.875. The summed E-state index contributed by atoms with van der Waals surface area (Å²) in [5.74, 6) is -4.44. The predicted molar refractivity (Wildman–Crippen MR) is 82.7 cm³/mol. The standard InChI is InChI=1S/C15H22F2N2O.ClH/c1-11(2)13(18)9-10-19(3)14(20)15(16,17)12-7-5-4-6-8-12;/h4-8,11,13H,9-10,18H2,1-3H3;1H. The van der Waals surface area contributed by atoms with Crippen molar-refractivity contribution < 1.29 is 13.6 Å². The lowest BCUT2D eigenvalue weighted by Gasteiger charge is -2.25. The number of likely N-dealkylation sites (N-methyl/N-ethyl adjacent to an activating group) is 1. The molecule has 1 rings (SSSR count). The normalized spacial score (nSPS) is 12.7. The molecule has 0 aliphatic carbocycles. The monoisotopic (exact) mass is 320 g/mol. The number of carbonyl (C=O) groups is 1. The summed E-state index contributed by atoms with van der Waals surface area (Å²) in [5, 5.41) is 0. The molecule has 0 aliphatic rings. The number of hydrogen-bond acceptors (Lipinski definition) is 2. The number of rotatable bonds is 6. The van der Waals surface area contributed by atoms with Gasteiger partial charge in [0.25, 0.3) is 5.91 Å². The van der Waals surface area contributed by atoms with E-state index in [-0.39, 0.29) is 36.5 Å². The van der Waals surface area contributed by atoms with Crippen molar-refractivity contribution in [2.45, 2.75) is 32.2 Å². The van der Waals surface area contributed by atoms with Crippen LogP contribution in [0.2, 0.25) is 0 Å². The maximum Gasteiger partial charge on any atom is 0.349 e. The van der Waals surface area contributed by atoms with Gasteiger partial charge in [-0.3, -0.25) is 4.79 Å². The molecule has 0 saturated heterocycles. The molecule has 1 aromatic carbocycles. The second-order valence-electron chi connectivity index (χ2n) is 5.36. The minimum absolute atomic E-state index is 0. The SMILES string of the molecule is CC(C)C(N)CCN(C)C(=O)C(F)(F)c1ccccc1.Cl. The van der Waals surface area contributed by atoms with Crippen LogP contribution in [0.4, 0.5) is 8.78 Å². The minimum atomic E-state index is -3.50. The summed E-state index contributed by atoms with van der Waals surface area (Å²) in [4.78, 5) is 12.9. The number of carbonyl (C=O) groups excluding carboxylic acids is 1. The van der Waals surface area contributed by atoms with Gasteiger partial charge in [0.05, 0.1) is 0 Å². The molecule has 0 heterocycles. The van der Waals surface area contributed by atoms with Crippen molar-refractivity contribution in [2.75, 3.05) is 13.6 Å². The molecule has 0 saturated carbocycles. The van der Waals surface area contributed by atoms with Gasteiger partial charge in [-0.05, 0) is 12.3 Å². The Labute approximate surface area is 130 Å². The largest absolute Gasteiger partial charge is 0.349 e. The van der Waals surface area contributed by atoms with Crippen LogP contribution in [-0.2, 0) is 10.7 Å². The summed E-state index contributed by atoms with van der Waals surface area (Å²) in [6, 6.07) is 7.03. The topological polar surface area (TPSA) is 46.3 Å². The first-order valence-corrected chi connectivity index (χ1v) is 6.71. The molecule has 0 bridgehead atoms. The Kier molecular flexibility index (Phi) is 7.82. The second kappa shape index (κ2) is 8.29. The first kappa shape index (κ1) is 19.8. The number of nitrogens with zero attached hydrogens (tertiary/aromatic N) is 1. The van der Waals surface area contributed by atoms with Crippen molar-refractivity contribution in [3.05, 3.63) is 35.9 Å². The fourth-order valence-corrected chi connectivity index (χ4v) is 1.79. The molecule has 21 heavy (non-hydrogen) atoms. The van der Waals surface area contributed by atoms with E-state index in [0.29, 0.717) is 6.42 Å². The highest BCUT2D eigenvalue weighted by atomic mass is 35.5. The highest BCUT2D eigenvalue weighted by Crippen LogP contribution is 2.29. The summed E-state index contributed by atoms with van der Waals surface area (Å²) in [6.45, 7) is 4.15. The average Bonchev–Trinajstić information content (AvgIpc) is 2.44. The minimum Gasteiger partial charge on any atom is -0.340 e. The lowest BCUT2D eigenvalue weighted by molar-refractivity contribution is -0.157. The van der Waals surface area contributed by atoms with Crippen LogP contribution < -0.4 is 5.73 Å². The first-order valence-electron chi connectivity index (χ1n) is 6.71. The zero-order valence-corrected chi connectivity index (χ0v) is 13.4. The van der Waals surface area contributed by atoms with E-state index in [1.807, 2.05) is 13.8 Å². The molecule has 0 fully saturated rings. The molecule has 0 aliphatic heterocycles. The highest BCUT2D eigenvalue weighted by Gasteiger charge is 2.42. The number of halogens is 3. The van der Waals surface area contributed by atoms with Gasteiger partial charge in [-0.15, -0.1) is 12.4 Å². The molecule has 2 N–H and O–H groups in total. The van der Waals surface area contributed by atoms with Gasteiger partial charge in [-0.25, -0.2) is 0 Å². The zero-order chi connectivity index (χ0) is 15.3.